The average Bonchev–Trinajstić information content (AvgIpc) is 3.10. The molecule has 1 heterocycles. The molecule has 1 amide bonds. The number of hydrogen-bond acceptors (Lipinski definition) is 6. The summed E-state index contributed by atoms with van der Waals surface area (Å²) in [7, 11) is 1.83. The van der Waals surface area contributed by atoms with Crippen LogP contribution in [0.2, 0.25) is 5.02 Å². The van der Waals surface area contributed by atoms with Gasteiger partial charge in [-0.15, -0.1) is 10.2 Å². The second kappa shape index (κ2) is 11.2. The van der Waals surface area contributed by atoms with Gasteiger partial charge in [0.25, 0.3) is 0 Å². The lowest BCUT2D eigenvalue weighted by molar-refractivity contribution is -0.116. The van der Waals surface area contributed by atoms with E-state index in [1.54, 1.807) is 41.0 Å². The highest BCUT2D eigenvalue weighted by atomic mass is 35.5. The summed E-state index contributed by atoms with van der Waals surface area (Å²) in [6, 6.07) is 14.1. The molecule has 0 spiro atoms. The maximum Gasteiger partial charge on any atom is 0.224 e. The molecule has 0 saturated heterocycles. The van der Waals surface area contributed by atoms with Crippen molar-refractivity contribution < 1.29 is 14.3 Å². The number of carbonyl (C=O) groups excluding carboxylic acids is 2. The van der Waals surface area contributed by atoms with E-state index >= 15 is 0 Å². The minimum atomic E-state index is -0.0359. The van der Waals surface area contributed by atoms with Crippen LogP contribution in [-0.4, -0.2) is 32.2 Å². The van der Waals surface area contributed by atoms with E-state index in [0.717, 1.165) is 0 Å². The summed E-state index contributed by atoms with van der Waals surface area (Å²) in [6.45, 7) is 4.20. The van der Waals surface area contributed by atoms with E-state index in [9.17, 15) is 9.59 Å². The van der Waals surface area contributed by atoms with E-state index in [1.807, 2.05) is 33.0 Å². The third kappa shape index (κ3) is 6.58. The summed E-state index contributed by atoms with van der Waals surface area (Å²) in [5, 5.41) is 12.3. The third-order valence-corrected chi connectivity index (χ3v) is 5.87. The minimum absolute atomic E-state index is 0.0353. The van der Waals surface area contributed by atoms with Gasteiger partial charge in [0, 0.05) is 24.7 Å². The summed E-state index contributed by atoms with van der Waals surface area (Å²) < 4.78 is 7.50. The molecule has 0 atom stereocenters. The first kappa shape index (κ1) is 23.8. The normalized spacial score (nSPS) is 10.9. The van der Waals surface area contributed by atoms with Crippen LogP contribution < -0.4 is 10.1 Å². The van der Waals surface area contributed by atoms with Gasteiger partial charge in [-0.2, -0.15) is 0 Å². The maximum absolute atomic E-state index is 12.6. The predicted octanol–water partition coefficient (Wildman–Crippen LogP) is 5.01. The highest BCUT2D eigenvalue weighted by Crippen LogP contribution is 2.24. The van der Waals surface area contributed by atoms with Crippen molar-refractivity contribution in [2.24, 2.45) is 13.0 Å². The highest BCUT2D eigenvalue weighted by molar-refractivity contribution is 7.99. The fraction of sp³-hybridized carbons (Fsp3) is 0.304. The van der Waals surface area contributed by atoms with Crippen LogP contribution in [0.3, 0.4) is 0 Å². The standard InChI is InChI=1S/C23H25ClN4O3S/c1-15(2)12-22(30)25-17-10-8-16(9-11-17)19(29)14-32-23-27-26-21(28(23)3)13-31-20-7-5-4-6-18(20)24/h4-11,15H,12-14H2,1-3H3,(H,25,30). The summed E-state index contributed by atoms with van der Waals surface area (Å²) in [4.78, 5) is 24.4. The molecule has 0 unspecified atom stereocenters. The van der Waals surface area contributed by atoms with Crippen LogP contribution in [0.1, 0.15) is 36.5 Å². The molecule has 0 aliphatic rings. The van der Waals surface area contributed by atoms with Gasteiger partial charge < -0.3 is 14.6 Å². The Morgan fingerprint density at radius 3 is 2.53 bits per heavy atom. The Hall–Kier alpha value is -2.84. The molecule has 0 saturated carbocycles. The summed E-state index contributed by atoms with van der Waals surface area (Å²) in [5.41, 5.74) is 1.25. The summed E-state index contributed by atoms with van der Waals surface area (Å²) >= 11 is 7.41. The number of para-hydroxylation sites is 1. The molecule has 0 bridgehead atoms. The van der Waals surface area contributed by atoms with Crippen molar-refractivity contribution in [2.75, 3.05) is 11.1 Å². The molecule has 0 radical (unpaired) electrons. The topological polar surface area (TPSA) is 86.1 Å². The monoisotopic (exact) mass is 472 g/mol. The molecule has 1 aromatic heterocycles. The molecule has 3 rings (SSSR count). The van der Waals surface area contributed by atoms with Crippen molar-refractivity contribution in [2.45, 2.75) is 32.0 Å². The summed E-state index contributed by atoms with van der Waals surface area (Å²) in [6.07, 6.45) is 0.459. The number of benzene rings is 2. The lowest BCUT2D eigenvalue weighted by atomic mass is 10.1. The zero-order chi connectivity index (χ0) is 23.1. The first-order valence-electron chi connectivity index (χ1n) is 10.1. The van der Waals surface area contributed by atoms with Gasteiger partial charge in [0.15, 0.2) is 16.8 Å². The largest absolute Gasteiger partial charge is 0.484 e. The van der Waals surface area contributed by atoms with Gasteiger partial charge in [0.1, 0.15) is 12.4 Å². The Kier molecular flexibility index (Phi) is 8.30. The number of Topliss-reactive ketones (excluding diaryl/α,β-unsaturated/α-hetero) is 1. The van der Waals surface area contributed by atoms with Crippen LogP contribution in [-0.2, 0) is 18.4 Å². The first-order valence-corrected chi connectivity index (χ1v) is 11.5. The number of thioether (sulfide) groups is 1. The van der Waals surface area contributed by atoms with Gasteiger partial charge in [-0.25, -0.2) is 0 Å². The average molecular weight is 473 g/mol. The van der Waals surface area contributed by atoms with Crippen LogP contribution in [0.4, 0.5) is 5.69 Å². The Labute approximate surface area is 196 Å². The number of amides is 1. The van der Waals surface area contributed by atoms with Crippen LogP contribution >= 0.6 is 23.4 Å². The van der Waals surface area contributed by atoms with E-state index in [4.69, 9.17) is 16.3 Å². The second-order valence-corrected chi connectivity index (χ2v) is 8.96. The van der Waals surface area contributed by atoms with Crippen molar-refractivity contribution in [1.82, 2.24) is 14.8 Å². The molecule has 1 N–H and O–H groups in total. The number of rotatable bonds is 10. The number of carbonyl (C=O) groups is 2. The van der Waals surface area contributed by atoms with Gasteiger partial charge in [0.2, 0.25) is 5.91 Å². The number of halogens is 1. The SMILES string of the molecule is CC(C)CC(=O)Nc1ccc(C(=O)CSc2nnc(COc3ccccc3Cl)n2C)cc1. The first-order chi connectivity index (χ1) is 15.3. The fourth-order valence-electron chi connectivity index (χ4n) is 2.84. The lowest BCUT2D eigenvalue weighted by Gasteiger charge is -2.08. The van der Waals surface area contributed by atoms with Crippen molar-refractivity contribution in [3.63, 3.8) is 0 Å². The van der Waals surface area contributed by atoms with E-state index in [1.165, 1.54) is 11.8 Å². The molecule has 0 fully saturated rings. The van der Waals surface area contributed by atoms with Gasteiger partial charge in [0.05, 0.1) is 10.8 Å². The van der Waals surface area contributed by atoms with Gasteiger partial charge in [-0.3, -0.25) is 9.59 Å². The molecule has 7 nitrogen and oxygen atoms in total. The third-order valence-electron chi connectivity index (χ3n) is 4.54. The van der Waals surface area contributed by atoms with E-state index < -0.39 is 0 Å². The fourth-order valence-corrected chi connectivity index (χ4v) is 3.85. The maximum atomic E-state index is 12.6. The molecule has 2 aromatic carbocycles. The number of anilines is 1. The Bertz CT molecular complexity index is 1080. The van der Waals surface area contributed by atoms with Gasteiger partial charge in [-0.1, -0.05) is 49.3 Å². The van der Waals surface area contributed by atoms with Crippen LogP contribution in [0, 0.1) is 5.92 Å². The van der Waals surface area contributed by atoms with Gasteiger partial charge >= 0.3 is 0 Å². The molecule has 32 heavy (non-hydrogen) atoms. The van der Waals surface area contributed by atoms with E-state index in [-0.39, 0.29) is 30.0 Å². The van der Waals surface area contributed by atoms with Crippen LogP contribution in [0.15, 0.2) is 53.7 Å². The number of ether oxygens (including phenoxy) is 1. The van der Waals surface area contributed by atoms with Crippen molar-refractivity contribution in [3.05, 3.63) is 64.9 Å². The number of ketones is 1. The van der Waals surface area contributed by atoms with Crippen molar-refractivity contribution in [1.29, 1.82) is 0 Å². The zero-order valence-electron chi connectivity index (χ0n) is 18.2. The number of nitrogens with zero attached hydrogens (tertiary/aromatic N) is 3. The van der Waals surface area contributed by atoms with E-state index in [0.29, 0.717) is 39.4 Å². The molecular weight excluding hydrogens is 448 g/mol. The zero-order valence-corrected chi connectivity index (χ0v) is 19.7. The molecular formula is C23H25ClN4O3S. The molecule has 0 aliphatic carbocycles. The Balaban J connectivity index is 1.52. The second-order valence-electron chi connectivity index (χ2n) is 7.61. The van der Waals surface area contributed by atoms with Crippen molar-refractivity contribution in [3.8, 4) is 5.75 Å². The molecule has 3 aromatic rings. The van der Waals surface area contributed by atoms with Crippen LogP contribution in [0.5, 0.6) is 5.75 Å². The van der Waals surface area contributed by atoms with E-state index in [2.05, 4.69) is 15.5 Å². The number of nitrogens with one attached hydrogen (secondary N) is 1. The number of aromatic nitrogens is 3. The summed E-state index contributed by atoms with van der Waals surface area (Å²) in [5.74, 6) is 1.64. The quantitative estimate of drug-likeness (QED) is 0.330. The Morgan fingerprint density at radius 1 is 1.12 bits per heavy atom. The van der Waals surface area contributed by atoms with Crippen LogP contribution in [0.25, 0.3) is 0 Å². The van der Waals surface area contributed by atoms with Crippen molar-refractivity contribution >= 4 is 40.7 Å². The lowest BCUT2D eigenvalue weighted by Crippen LogP contribution is -2.14. The predicted molar refractivity (Wildman–Crippen MR) is 126 cm³/mol. The Morgan fingerprint density at radius 2 is 1.84 bits per heavy atom. The highest BCUT2D eigenvalue weighted by Gasteiger charge is 2.14. The molecule has 0 aliphatic heterocycles. The number of hydrogen-bond donors (Lipinski definition) is 1. The van der Waals surface area contributed by atoms with Gasteiger partial charge in [-0.05, 0) is 42.3 Å². The smallest absolute Gasteiger partial charge is 0.224 e. The minimum Gasteiger partial charge on any atom is -0.484 e. The molecule has 168 valence electrons. The molecule has 9 heteroatoms.